The molecule has 20 heavy (non-hydrogen) atoms. The predicted molar refractivity (Wildman–Crippen MR) is 84.6 cm³/mol. The van der Waals surface area contributed by atoms with Crippen LogP contribution in [0.1, 0.15) is 0 Å². The predicted octanol–water partition coefficient (Wildman–Crippen LogP) is 2.95. The van der Waals surface area contributed by atoms with Crippen LogP contribution in [-0.4, -0.2) is 24.3 Å². The van der Waals surface area contributed by atoms with Gasteiger partial charge in [0.25, 0.3) is 0 Å². The van der Waals surface area contributed by atoms with Gasteiger partial charge in [0.2, 0.25) is 0 Å². The van der Waals surface area contributed by atoms with Gasteiger partial charge in [0.15, 0.2) is 0 Å². The van der Waals surface area contributed by atoms with Crippen LogP contribution in [0, 0.1) is 0 Å². The number of anilines is 4. The minimum absolute atomic E-state index is 0.701. The van der Waals surface area contributed by atoms with Crippen LogP contribution in [0.15, 0.2) is 42.6 Å². The molecule has 0 saturated heterocycles. The third kappa shape index (κ3) is 2.14. The summed E-state index contributed by atoms with van der Waals surface area (Å²) in [6.07, 6.45) is 1.77. The fourth-order valence-corrected chi connectivity index (χ4v) is 2.23. The van der Waals surface area contributed by atoms with Crippen molar-refractivity contribution in [1.82, 2.24) is 10.2 Å². The number of hydrogen-bond donors (Lipinski definition) is 3. The monoisotopic (exact) mass is 267 g/mol. The second kappa shape index (κ2) is 4.77. The summed E-state index contributed by atoms with van der Waals surface area (Å²) in [5.41, 5.74) is 10.8. The molecule has 0 spiro atoms. The van der Waals surface area contributed by atoms with Crippen LogP contribution in [0.4, 0.5) is 22.7 Å². The number of benzene rings is 2. The molecule has 1 heterocycles. The molecular formula is C15H17N5. The summed E-state index contributed by atoms with van der Waals surface area (Å²) in [7, 11) is 4.03. The van der Waals surface area contributed by atoms with Crippen LogP contribution >= 0.6 is 0 Å². The van der Waals surface area contributed by atoms with E-state index in [1.54, 1.807) is 6.20 Å². The summed E-state index contributed by atoms with van der Waals surface area (Å²) < 4.78 is 0. The lowest BCUT2D eigenvalue weighted by Gasteiger charge is -2.19. The Hall–Kier alpha value is -2.69. The number of hydrogen-bond acceptors (Lipinski definition) is 4. The average molecular weight is 267 g/mol. The molecule has 1 aromatic heterocycles. The Morgan fingerprint density at radius 2 is 1.95 bits per heavy atom. The van der Waals surface area contributed by atoms with Crippen LogP contribution < -0.4 is 16.0 Å². The Labute approximate surface area is 117 Å². The minimum Gasteiger partial charge on any atom is -0.397 e. The van der Waals surface area contributed by atoms with E-state index in [0.717, 1.165) is 28.0 Å². The first-order chi connectivity index (χ1) is 9.65. The number of para-hydroxylation sites is 2. The zero-order valence-corrected chi connectivity index (χ0v) is 11.5. The van der Waals surface area contributed by atoms with Gasteiger partial charge in [0.05, 0.1) is 34.5 Å². The third-order valence-electron chi connectivity index (χ3n) is 3.27. The van der Waals surface area contributed by atoms with Gasteiger partial charge in [0, 0.05) is 19.5 Å². The number of nitrogens with one attached hydrogen (secondary N) is 2. The number of nitrogens with two attached hydrogens (primary N) is 1. The maximum Gasteiger partial charge on any atom is 0.0672 e. The van der Waals surface area contributed by atoms with Gasteiger partial charge in [-0.25, -0.2) is 0 Å². The molecule has 102 valence electrons. The van der Waals surface area contributed by atoms with Gasteiger partial charge < -0.3 is 16.0 Å². The molecule has 0 unspecified atom stereocenters. The van der Waals surface area contributed by atoms with E-state index < -0.39 is 0 Å². The summed E-state index contributed by atoms with van der Waals surface area (Å²) in [6.45, 7) is 0. The standard InChI is InChI=1S/C15H17N5/c1-20(2)15-6-4-3-5-12(15)18-14-8-13-10(7-11(14)16)9-17-19-13/h3-9,18H,16H2,1-2H3,(H,17,19). The summed E-state index contributed by atoms with van der Waals surface area (Å²) in [5.74, 6) is 0. The second-order valence-corrected chi connectivity index (χ2v) is 4.93. The minimum atomic E-state index is 0.701. The van der Waals surface area contributed by atoms with Crippen molar-refractivity contribution in [3.8, 4) is 0 Å². The number of fused-ring (bicyclic) bond motifs is 1. The highest BCUT2D eigenvalue weighted by Gasteiger charge is 2.07. The molecule has 0 bridgehead atoms. The SMILES string of the molecule is CN(C)c1ccccc1Nc1cc2[nH]ncc2cc1N. The molecule has 0 fully saturated rings. The van der Waals surface area contributed by atoms with Crippen molar-refractivity contribution in [1.29, 1.82) is 0 Å². The fourth-order valence-electron chi connectivity index (χ4n) is 2.23. The molecule has 0 aliphatic carbocycles. The molecule has 4 N–H and O–H groups in total. The quantitative estimate of drug-likeness (QED) is 0.638. The van der Waals surface area contributed by atoms with E-state index in [2.05, 4.69) is 26.5 Å². The molecule has 3 aromatic rings. The first-order valence-electron chi connectivity index (χ1n) is 6.41. The van der Waals surface area contributed by atoms with Gasteiger partial charge in [0.1, 0.15) is 0 Å². The van der Waals surface area contributed by atoms with Crippen molar-refractivity contribution in [3.63, 3.8) is 0 Å². The van der Waals surface area contributed by atoms with Crippen molar-refractivity contribution < 1.29 is 0 Å². The zero-order chi connectivity index (χ0) is 14.1. The Kier molecular flexibility index (Phi) is 2.95. The highest BCUT2D eigenvalue weighted by Crippen LogP contribution is 2.31. The molecular weight excluding hydrogens is 250 g/mol. The topological polar surface area (TPSA) is 70.0 Å². The van der Waals surface area contributed by atoms with Gasteiger partial charge in [-0.05, 0) is 24.3 Å². The van der Waals surface area contributed by atoms with E-state index >= 15 is 0 Å². The van der Waals surface area contributed by atoms with E-state index in [4.69, 9.17) is 5.73 Å². The summed E-state index contributed by atoms with van der Waals surface area (Å²) in [4.78, 5) is 2.06. The molecule has 0 aliphatic heterocycles. The Morgan fingerprint density at radius 1 is 1.15 bits per heavy atom. The van der Waals surface area contributed by atoms with Gasteiger partial charge >= 0.3 is 0 Å². The van der Waals surface area contributed by atoms with Crippen LogP contribution in [0.5, 0.6) is 0 Å². The number of nitrogens with zero attached hydrogens (tertiary/aromatic N) is 2. The van der Waals surface area contributed by atoms with Crippen molar-refractivity contribution in [2.24, 2.45) is 0 Å². The smallest absolute Gasteiger partial charge is 0.0672 e. The molecule has 0 atom stereocenters. The zero-order valence-electron chi connectivity index (χ0n) is 11.5. The molecule has 3 rings (SSSR count). The Balaban J connectivity index is 2.02. The Morgan fingerprint density at radius 3 is 2.75 bits per heavy atom. The first-order valence-corrected chi connectivity index (χ1v) is 6.41. The molecule has 0 aliphatic rings. The highest BCUT2D eigenvalue weighted by atomic mass is 15.1. The molecule has 5 heteroatoms. The van der Waals surface area contributed by atoms with Gasteiger partial charge in [-0.2, -0.15) is 5.10 Å². The molecule has 0 amide bonds. The van der Waals surface area contributed by atoms with Crippen LogP contribution in [0.3, 0.4) is 0 Å². The van der Waals surface area contributed by atoms with Crippen LogP contribution in [0.25, 0.3) is 10.9 Å². The van der Waals surface area contributed by atoms with Crippen molar-refractivity contribution in [3.05, 3.63) is 42.6 Å². The lowest BCUT2D eigenvalue weighted by molar-refractivity contribution is 1.12. The maximum absolute atomic E-state index is 6.10. The van der Waals surface area contributed by atoms with E-state index in [1.807, 2.05) is 44.4 Å². The molecule has 5 nitrogen and oxygen atoms in total. The lowest BCUT2D eigenvalue weighted by atomic mass is 10.2. The first kappa shape index (κ1) is 12.3. The largest absolute Gasteiger partial charge is 0.397 e. The third-order valence-corrected chi connectivity index (χ3v) is 3.27. The van der Waals surface area contributed by atoms with Gasteiger partial charge in [-0.3, -0.25) is 5.10 Å². The molecule has 0 saturated carbocycles. The molecule has 2 aromatic carbocycles. The van der Waals surface area contributed by atoms with Gasteiger partial charge in [-0.15, -0.1) is 0 Å². The van der Waals surface area contributed by atoms with Crippen molar-refractivity contribution >= 4 is 33.7 Å². The van der Waals surface area contributed by atoms with Gasteiger partial charge in [-0.1, -0.05) is 12.1 Å². The summed E-state index contributed by atoms with van der Waals surface area (Å²) in [5, 5.41) is 11.4. The van der Waals surface area contributed by atoms with Crippen LogP contribution in [0.2, 0.25) is 0 Å². The van der Waals surface area contributed by atoms with E-state index in [1.165, 1.54) is 0 Å². The second-order valence-electron chi connectivity index (χ2n) is 4.93. The van der Waals surface area contributed by atoms with E-state index in [9.17, 15) is 0 Å². The number of rotatable bonds is 3. The maximum atomic E-state index is 6.10. The van der Waals surface area contributed by atoms with Crippen molar-refractivity contribution in [2.75, 3.05) is 30.0 Å². The average Bonchev–Trinajstić information content (AvgIpc) is 2.86. The van der Waals surface area contributed by atoms with Crippen LogP contribution in [-0.2, 0) is 0 Å². The molecule has 0 radical (unpaired) electrons. The summed E-state index contributed by atoms with van der Waals surface area (Å²) >= 11 is 0. The number of aromatic amines is 1. The normalized spacial score (nSPS) is 10.7. The Bertz CT molecular complexity index is 745. The number of nitrogen functional groups attached to an aromatic ring is 1. The fraction of sp³-hybridized carbons (Fsp3) is 0.133. The lowest BCUT2D eigenvalue weighted by Crippen LogP contribution is -2.11. The number of aromatic nitrogens is 2. The van der Waals surface area contributed by atoms with E-state index in [0.29, 0.717) is 5.69 Å². The number of H-pyrrole nitrogens is 1. The summed E-state index contributed by atoms with van der Waals surface area (Å²) in [6, 6.07) is 12.0. The van der Waals surface area contributed by atoms with Crippen molar-refractivity contribution in [2.45, 2.75) is 0 Å². The van der Waals surface area contributed by atoms with E-state index in [-0.39, 0.29) is 0 Å². The highest BCUT2D eigenvalue weighted by molar-refractivity contribution is 5.91.